The van der Waals surface area contributed by atoms with Crippen LogP contribution in [-0.2, 0) is 0 Å². The molecule has 0 fully saturated rings. The standard InChI is InChI=1S/C16H14N2O/c19-16-14-9-5-4-8-13(14)15(17-10-11-18-16)12-6-2-1-3-7-12/h1-9H,10-11H2,(H,18,19). The van der Waals surface area contributed by atoms with E-state index in [0.29, 0.717) is 18.7 Å². The van der Waals surface area contributed by atoms with E-state index < -0.39 is 0 Å². The molecule has 3 rings (SSSR count). The molecule has 0 atom stereocenters. The maximum absolute atomic E-state index is 12.1. The van der Waals surface area contributed by atoms with E-state index in [2.05, 4.69) is 10.3 Å². The highest BCUT2D eigenvalue weighted by Gasteiger charge is 2.17. The summed E-state index contributed by atoms with van der Waals surface area (Å²) in [5.74, 6) is -0.0288. The summed E-state index contributed by atoms with van der Waals surface area (Å²) in [7, 11) is 0. The molecule has 19 heavy (non-hydrogen) atoms. The molecule has 1 aliphatic rings. The van der Waals surface area contributed by atoms with Gasteiger partial charge in [0.1, 0.15) is 0 Å². The molecular weight excluding hydrogens is 236 g/mol. The normalized spacial score (nSPS) is 14.7. The average Bonchev–Trinajstić information content (AvgIpc) is 2.46. The SMILES string of the molecule is O=C1NCCN=C(c2ccccc2)c2ccccc21. The van der Waals surface area contributed by atoms with Crippen molar-refractivity contribution < 1.29 is 4.79 Å². The second kappa shape index (κ2) is 5.06. The van der Waals surface area contributed by atoms with Gasteiger partial charge in [-0.15, -0.1) is 0 Å². The van der Waals surface area contributed by atoms with Crippen LogP contribution < -0.4 is 5.32 Å². The molecule has 3 nitrogen and oxygen atoms in total. The Morgan fingerprint density at radius 2 is 1.58 bits per heavy atom. The van der Waals surface area contributed by atoms with Gasteiger partial charge in [0.2, 0.25) is 0 Å². The Hall–Kier alpha value is -2.42. The van der Waals surface area contributed by atoms with Crippen LogP contribution in [0, 0.1) is 0 Å². The van der Waals surface area contributed by atoms with E-state index in [4.69, 9.17) is 0 Å². The largest absolute Gasteiger partial charge is 0.350 e. The second-order valence-corrected chi connectivity index (χ2v) is 4.40. The molecule has 1 heterocycles. The highest BCUT2D eigenvalue weighted by molar-refractivity contribution is 6.18. The predicted octanol–water partition coefficient (Wildman–Crippen LogP) is 2.27. The number of carbonyl (C=O) groups excluding carboxylic acids is 1. The molecule has 94 valence electrons. The highest BCUT2D eigenvalue weighted by atomic mass is 16.1. The molecule has 1 aliphatic heterocycles. The number of amides is 1. The predicted molar refractivity (Wildman–Crippen MR) is 75.7 cm³/mol. The smallest absolute Gasteiger partial charge is 0.252 e. The van der Waals surface area contributed by atoms with Crippen LogP contribution in [0.2, 0.25) is 0 Å². The van der Waals surface area contributed by atoms with Crippen LogP contribution >= 0.6 is 0 Å². The molecule has 0 saturated carbocycles. The Labute approximate surface area is 112 Å². The summed E-state index contributed by atoms with van der Waals surface area (Å²) in [6, 6.07) is 17.6. The van der Waals surface area contributed by atoms with Gasteiger partial charge in [-0.1, -0.05) is 48.5 Å². The van der Waals surface area contributed by atoms with Crippen LogP contribution in [0.4, 0.5) is 0 Å². The van der Waals surface area contributed by atoms with Gasteiger partial charge < -0.3 is 5.32 Å². The lowest BCUT2D eigenvalue weighted by atomic mass is 9.96. The van der Waals surface area contributed by atoms with Crippen molar-refractivity contribution in [3.05, 3.63) is 71.3 Å². The molecular formula is C16H14N2O. The van der Waals surface area contributed by atoms with Crippen molar-refractivity contribution in [1.29, 1.82) is 0 Å². The zero-order valence-corrected chi connectivity index (χ0v) is 10.5. The van der Waals surface area contributed by atoms with Gasteiger partial charge in [0.05, 0.1) is 12.3 Å². The molecule has 0 spiro atoms. The number of benzene rings is 2. The Morgan fingerprint density at radius 3 is 2.37 bits per heavy atom. The molecule has 1 N–H and O–H groups in total. The second-order valence-electron chi connectivity index (χ2n) is 4.40. The number of nitrogens with zero attached hydrogens (tertiary/aromatic N) is 1. The van der Waals surface area contributed by atoms with Crippen molar-refractivity contribution in [2.75, 3.05) is 13.1 Å². The Bertz CT molecular complexity index is 632. The molecule has 0 bridgehead atoms. The lowest BCUT2D eigenvalue weighted by molar-refractivity contribution is 0.0954. The first-order valence-electron chi connectivity index (χ1n) is 6.34. The van der Waals surface area contributed by atoms with E-state index in [9.17, 15) is 4.79 Å². The van der Waals surface area contributed by atoms with Gasteiger partial charge in [-0.05, 0) is 6.07 Å². The molecule has 0 aromatic heterocycles. The lowest BCUT2D eigenvalue weighted by Gasteiger charge is -2.15. The van der Waals surface area contributed by atoms with Crippen molar-refractivity contribution in [3.63, 3.8) is 0 Å². The quantitative estimate of drug-likeness (QED) is 0.828. The summed E-state index contributed by atoms with van der Waals surface area (Å²) in [5.41, 5.74) is 3.52. The fraction of sp³-hybridized carbons (Fsp3) is 0.125. The third-order valence-corrected chi connectivity index (χ3v) is 3.14. The van der Waals surface area contributed by atoms with Gasteiger partial charge in [0, 0.05) is 23.2 Å². The number of carbonyl (C=O) groups is 1. The summed E-state index contributed by atoms with van der Waals surface area (Å²) in [5, 5.41) is 2.87. The first kappa shape index (κ1) is 11.7. The molecule has 2 aromatic rings. The van der Waals surface area contributed by atoms with E-state index >= 15 is 0 Å². The third kappa shape index (κ3) is 2.27. The van der Waals surface area contributed by atoms with Gasteiger partial charge in [0.25, 0.3) is 5.91 Å². The number of fused-ring (bicyclic) bond motifs is 1. The van der Waals surface area contributed by atoms with Crippen LogP contribution in [0.3, 0.4) is 0 Å². The topological polar surface area (TPSA) is 41.5 Å². The van der Waals surface area contributed by atoms with Crippen molar-refractivity contribution in [3.8, 4) is 0 Å². The van der Waals surface area contributed by atoms with Crippen LogP contribution in [0.15, 0.2) is 59.6 Å². The third-order valence-electron chi connectivity index (χ3n) is 3.14. The first-order chi connectivity index (χ1) is 9.36. The molecule has 3 heteroatoms. The van der Waals surface area contributed by atoms with Crippen LogP contribution in [-0.4, -0.2) is 24.7 Å². The summed E-state index contributed by atoms with van der Waals surface area (Å²) in [4.78, 5) is 16.7. The van der Waals surface area contributed by atoms with Crippen molar-refractivity contribution in [2.45, 2.75) is 0 Å². The molecule has 1 amide bonds. The number of hydrogen-bond acceptors (Lipinski definition) is 2. The fourth-order valence-electron chi connectivity index (χ4n) is 2.25. The van der Waals surface area contributed by atoms with Crippen LogP contribution in [0.25, 0.3) is 0 Å². The van der Waals surface area contributed by atoms with Crippen molar-refractivity contribution in [1.82, 2.24) is 5.32 Å². The molecule has 2 aromatic carbocycles. The van der Waals surface area contributed by atoms with Gasteiger partial charge in [-0.3, -0.25) is 9.79 Å². The monoisotopic (exact) mass is 250 g/mol. The molecule has 0 aliphatic carbocycles. The highest BCUT2D eigenvalue weighted by Crippen LogP contribution is 2.17. The van der Waals surface area contributed by atoms with Crippen LogP contribution in [0.1, 0.15) is 21.5 Å². The lowest BCUT2D eigenvalue weighted by Crippen LogP contribution is -2.30. The van der Waals surface area contributed by atoms with Gasteiger partial charge in [-0.25, -0.2) is 0 Å². The maximum atomic E-state index is 12.1. The van der Waals surface area contributed by atoms with Gasteiger partial charge in [0.15, 0.2) is 0 Å². The zero-order chi connectivity index (χ0) is 13.1. The van der Waals surface area contributed by atoms with Crippen LogP contribution in [0.5, 0.6) is 0 Å². The van der Waals surface area contributed by atoms with E-state index in [0.717, 1.165) is 16.8 Å². The van der Waals surface area contributed by atoms with Crippen molar-refractivity contribution in [2.24, 2.45) is 4.99 Å². The maximum Gasteiger partial charge on any atom is 0.252 e. The summed E-state index contributed by atoms with van der Waals surface area (Å²) >= 11 is 0. The molecule has 0 radical (unpaired) electrons. The average molecular weight is 250 g/mol. The summed E-state index contributed by atoms with van der Waals surface area (Å²) in [6.45, 7) is 1.17. The number of nitrogens with one attached hydrogen (secondary N) is 1. The Kier molecular flexibility index (Phi) is 3.11. The zero-order valence-electron chi connectivity index (χ0n) is 10.5. The Morgan fingerprint density at radius 1 is 0.895 bits per heavy atom. The van der Waals surface area contributed by atoms with E-state index in [-0.39, 0.29) is 5.91 Å². The Balaban J connectivity index is 2.18. The number of rotatable bonds is 1. The fourth-order valence-corrected chi connectivity index (χ4v) is 2.25. The first-order valence-corrected chi connectivity index (χ1v) is 6.34. The minimum Gasteiger partial charge on any atom is -0.350 e. The van der Waals surface area contributed by atoms with Gasteiger partial charge >= 0.3 is 0 Å². The number of aliphatic imine (C=N–C) groups is 1. The number of hydrogen-bond donors (Lipinski definition) is 1. The van der Waals surface area contributed by atoms with Crippen molar-refractivity contribution >= 4 is 11.6 Å². The summed E-state index contributed by atoms with van der Waals surface area (Å²) < 4.78 is 0. The van der Waals surface area contributed by atoms with Gasteiger partial charge in [-0.2, -0.15) is 0 Å². The van der Waals surface area contributed by atoms with E-state index in [1.54, 1.807) is 0 Å². The molecule has 0 saturated heterocycles. The summed E-state index contributed by atoms with van der Waals surface area (Å²) in [6.07, 6.45) is 0. The molecule has 0 unspecified atom stereocenters. The minimum absolute atomic E-state index is 0.0288. The van der Waals surface area contributed by atoms with E-state index in [1.807, 2.05) is 54.6 Å². The van der Waals surface area contributed by atoms with E-state index in [1.165, 1.54) is 0 Å². The minimum atomic E-state index is -0.0288.